The molecular weight excluding hydrogens is 253 g/mol. The van der Waals surface area contributed by atoms with Crippen LogP contribution < -0.4 is 5.32 Å². The molecule has 0 saturated heterocycles. The average molecular weight is 262 g/mol. The van der Waals surface area contributed by atoms with Gasteiger partial charge in [-0.1, -0.05) is 22.0 Å². The monoisotopic (exact) mass is 261 g/mol. The van der Waals surface area contributed by atoms with E-state index in [1.165, 1.54) is 12.1 Å². The van der Waals surface area contributed by atoms with Crippen molar-refractivity contribution < 1.29 is 14.3 Å². The van der Waals surface area contributed by atoms with Crippen LogP contribution in [0.4, 0.5) is 9.18 Å². The minimum atomic E-state index is -1.05. The lowest BCUT2D eigenvalue weighted by Gasteiger charge is -2.04. The number of amides is 1. The number of carbonyl (C=O) groups is 1. The van der Waals surface area contributed by atoms with Gasteiger partial charge in [0.25, 0.3) is 0 Å². The van der Waals surface area contributed by atoms with Crippen LogP contribution >= 0.6 is 15.9 Å². The summed E-state index contributed by atoms with van der Waals surface area (Å²) in [4.78, 5) is 10.1. The lowest BCUT2D eigenvalue weighted by Crippen LogP contribution is -2.23. The van der Waals surface area contributed by atoms with Crippen LogP contribution in [0.15, 0.2) is 22.7 Å². The minimum Gasteiger partial charge on any atom is -0.465 e. The summed E-state index contributed by atoms with van der Waals surface area (Å²) in [5.41, 5.74) is 0.875. The molecule has 5 heteroatoms. The van der Waals surface area contributed by atoms with Crippen molar-refractivity contribution in [2.24, 2.45) is 0 Å². The number of carboxylic acid groups (broad SMARTS) is 1. The Labute approximate surface area is 89.1 Å². The number of hydrogen-bond acceptors (Lipinski definition) is 1. The molecule has 0 fully saturated rings. The quantitative estimate of drug-likeness (QED) is 0.878. The first-order valence-corrected chi connectivity index (χ1v) is 4.79. The minimum absolute atomic E-state index is 0.313. The molecule has 0 aliphatic heterocycles. The van der Waals surface area contributed by atoms with Crippen molar-refractivity contribution in [3.05, 3.63) is 34.1 Å². The summed E-state index contributed by atoms with van der Waals surface area (Å²) in [6, 6.07) is 4.33. The molecule has 1 amide bonds. The Morgan fingerprint density at radius 2 is 2.29 bits per heavy atom. The van der Waals surface area contributed by atoms with Crippen molar-refractivity contribution in [2.45, 2.75) is 6.42 Å². The molecule has 0 spiro atoms. The molecule has 1 rings (SSSR count). The van der Waals surface area contributed by atoms with Gasteiger partial charge in [-0.3, -0.25) is 0 Å². The van der Waals surface area contributed by atoms with Crippen LogP contribution in [0, 0.1) is 5.82 Å². The average Bonchev–Trinajstić information content (AvgIpc) is 2.08. The lowest BCUT2D eigenvalue weighted by atomic mass is 10.1. The molecule has 0 radical (unpaired) electrons. The van der Waals surface area contributed by atoms with E-state index in [4.69, 9.17) is 5.11 Å². The molecule has 0 aliphatic carbocycles. The van der Waals surface area contributed by atoms with E-state index in [2.05, 4.69) is 21.2 Å². The Morgan fingerprint density at radius 1 is 1.57 bits per heavy atom. The fourth-order valence-corrected chi connectivity index (χ4v) is 1.58. The van der Waals surface area contributed by atoms with E-state index in [0.29, 0.717) is 17.4 Å². The summed E-state index contributed by atoms with van der Waals surface area (Å²) in [5, 5.41) is 10.6. The van der Waals surface area contributed by atoms with Gasteiger partial charge in [-0.05, 0) is 24.1 Å². The highest BCUT2D eigenvalue weighted by molar-refractivity contribution is 9.10. The Balaban J connectivity index is 2.55. The molecule has 0 aromatic heterocycles. The van der Waals surface area contributed by atoms with Gasteiger partial charge in [-0.15, -0.1) is 0 Å². The van der Waals surface area contributed by atoms with Gasteiger partial charge < -0.3 is 10.4 Å². The Bertz CT molecular complexity index is 344. The van der Waals surface area contributed by atoms with Crippen molar-refractivity contribution in [3.8, 4) is 0 Å². The molecule has 76 valence electrons. The van der Waals surface area contributed by atoms with E-state index >= 15 is 0 Å². The van der Waals surface area contributed by atoms with Gasteiger partial charge in [0, 0.05) is 11.0 Å². The van der Waals surface area contributed by atoms with E-state index < -0.39 is 6.09 Å². The van der Waals surface area contributed by atoms with Gasteiger partial charge in [0.2, 0.25) is 0 Å². The van der Waals surface area contributed by atoms with Crippen molar-refractivity contribution in [1.82, 2.24) is 5.32 Å². The molecule has 14 heavy (non-hydrogen) atoms. The number of halogens is 2. The van der Waals surface area contributed by atoms with E-state index in [1.807, 2.05) is 0 Å². The highest BCUT2D eigenvalue weighted by atomic mass is 79.9. The van der Waals surface area contributed by atoms with Gasteiger partial charge in [-0.2, -0.15) is 0 Å². The standard InChI is InChI=1S/C9H9BrFNO2/c10-8-5-7(11)2-1-6(8)3-4-12-9(13)14/h1-2,5,12H,3-4H2,(H,13,14). The first-order valence-electron chi connectivity index (χ1n) is 4.00. The molecule has 1 aromatic rings. The summed E-state index contributed by atoms with van der Waals surface area (Å²) >= 11 is 3.20. The van der Waals surface area contributed by atoms with Gasteiger partial charge in [0.05, 0.1) is 0 Å². The summed E-state index contributed by atoms with van der Waals surface area (Å²) in [7, 11) is 0. The van der Waals surface area contributed by atoms with Crippen LogP contribution in [0.5, 0.6) is 0 Å². The molecule has 1 aromatic carbocycles. The first kappa shape index (κ1) is 11.0. The fraction of sp³-hybridized carbons (Fsp3) is 0.222. The number of nitrogens with one attached hydrogen (secondary N) is 1. The Morgan fingerprint density at radius 3 is 2.86 bits per heavy atom. The topological polar surface area (TPSA) is 49.3 Å². The second kappa shape index (κ2) is 4.95. The fourth-order valence-electron chi connectivity index (χ4n) is 1.03. The zero-order chi connectivity index (χ0) is 10.6. The largest absolute Gasteiger partial charge is 0.465 e. The number of rotatable bonds is 3. The molecule has 2 N–H and O–H groups in total. The summed E-state index contributed by atoms with van der Waals surface area (Å²) in [6.07, 6.45) is -0.518. The van der Waals surface area contributed by atoms with Crippen LogP contribution in [0.2, 0.25) is 0 Å². The highest BCUT2D eigenvalue weighted by Gasteiger charge is 2.01. The number of hydrogen-bond donors (Lipinski definition) is 2. The van der Waals surface area contributed by atoms with Crippen LogP contribution in [0.25, 0.3) is 0 Å². The van der Waals surface area contributed by atoms with Crippen molar-refractivity contribution in [1.29, 1.82) is 0 Å². The van der Waals surface area contributed by atoms with Gasteiger partial charge in [-0.25, -0.2) is 9.18 Å². The molecule has 0 bridgehead atoms. The van der Waals surface area contributed by atoms with Crippen molar-refractivity contribution >= 4 is 22.0 Å². The van der Waals surface area contributed by atoms with Gasteiger partial charge >= 0.3 is 6.09 Å². The second-order valence-electron chi connectivity index (χ2n) is 2.72. The third-order valence-corrected chi connectivity index (χ3v) is 2.42. The van der Waals surface area contributed by atoms with Crippen LogP contribution in [-0.2, 0) is 6.42 Å². The maximum atomic E-state index is 12.7. The normalized spacial score (nSPS) is 9.86. The maximum Gasteiger partial charge on any atom is 0.404 e. The molecule has 0 atom stereocenters. The summed E-state index contributed by atoms with van der Waals surface area (Å²) in [6.45, 7) is 0.319. The SMILES string of the molecule is O=C(O)NCCc1ccc(F)cc1Br. The zero-order valence-electron chi connectivity index (χ0n) is 7.26. The van der Waals surface area contributed by atoms with Crippen LogP contribution in [0.3, 0.4) is 0 Å². The summed E-state index contributed by atoms with van der Waals surface area (Å²) in [5.74, 6) is -0.313. The van der Waals surface area contributed by atoms with Gasteiger partial charge in [0.15, 0.2) is 0 Å². The van der Waals surface area contributed by atoms with E-state index in [1.54, 1.807) is 6.07 Å². The first-order chi connectivity index (χ1) is 6.59. The maximum absolute atomic E-state index is 12.7. The molecule has 0 heterocycles. The zero-order valence-corrected chi connectivity index (χ0v) is 8.84. The van der Waals surface area contributed by atoms with Crippen molar-refractivity contribution in [2.75, 3.05) is 6.54 Å². The van der Waals surface area contributed by atoms with E-state index in [9.17, 15) is 9.18 Å². The smallest absolute Gasteiger partial charge is 0.404 e. The van der Waals surface area contributed by atoms with E-state index in [-0.39, 0.29) is 5.82 Å². The van der Waals surface area contributed by atoms with Gasteiger partial charge in [0.1, 0.15) is 5.82 Å². The molecule has 0 aliphatic rings. The van der Waals surface area contributed by atoms with E-state index in [0.717, 1.165) is 5.56 Å². The highest BCUT2D eigenvalue weighted by Crippen LogP contribution is 2.17. The summed E-state index contributed by atoms with van der Waals surface area (Å²) < 4.78 is 13.3. The van der Waals surface area contributed by atoms with Crippen LogP contribution in [-0.4, -0.2) is 17.7 Å². The molecule has 3 nitrogen and oxygen atoms in total. The Hall–Kier alpha value is -1.10. The lowest BCUT2D eigenvalue weighted by molar-refractivity contribution is 0.194. The third kappa shape index (κ3) is 3.33. The predicted molar refractivity (Wildman–Crippen MR) is 53.8 cm³/mol. The number of benzene rings is 1. The Kier molecular flexibility index (Phi) is 3.88. The predicted octanol–water partition coefficient (Wildman–Crippen LogP) is 2.40. The second-order valence-corrected chi connectivity index (χ2v) is 3.57. The molecular formula is C9H9BrFNO2. The molecule has 0 unspecified atom stereocenters. The third-order valence-electron chi connectivity index (χ3n) is 1.69. The van der Waals surface area contributed by atoms with Crippen molar-refractivity contribution in [3.63, 3.8) is 0 Å². The van der Waals surface area contributed by atoms with Crippen LogP contribution in [0.1, 0.15) is 5.56 Å². The molecule has 0 saturated carbocycles.